The molecule has 0 fully saturated rings. The third-order valence-electron chi connectivity index (χ3n) is 3.65. The lowest BCUT2D eigenvalue weighted by atomic mass is 10.1. The average molecular weight is 346 g/mol. The normalized spacial score (nSPS) is 12.0. The van der Waals surface area contributed by atoms with Gasteiger partial charge in [0.2, 0.25) is 5.82 Å². The molecule has 0 atom stereocenters. The van der Waals surface area contributed by atoms with Crippen LogP contribution in [0.3, 0.4) is 0 Å². The number of fused-ring (bicyclic) bond motifs is 1. The zero-order valence-corrected chi connectivity index (χ0v) is 12.4. The molecule has 0 unspecified atom stereocenters. The second-order valence-corrected chi connectivity index (χ2v) is 5.29. The summed E-state index contributed by atoms with van der Waals surface area (Å²) in [5.74, 6) is -0.718. The van der Waals surface area contributed by atoms with Crippen LogP contribution in [0, 0.1) is 0 Å². The van der Waals surface area contributed by atoms with Gasteiger partial charge in [0.25, 0.3) is 5.89 Å². The maximum Gasteiger partial charge on any atom is 0.419 e. The molecule has 0 aliphatic rings. The van der Waals surface area contributed by atoms with Gasteiger partial charge in [-0.2, -0.15) is 18.2 Å². The highest BCUT2D eigenvalue weighted by Gasteiger charge is 2.34. The summed E-state index contributed by atoms with van der Waals surface area (Å²) in [6, 6.07) is 8.25. The quantitative estimate of drug-likeness (QED) is 0.573. The number of aromatic nitrogens is 4. The van der Waals surface area contributed by atoms with Gasteiger partial charge in [-0.25, -0.2) is 4.98 Å². The van der Waals surface area contributed by atoms with Crippen LogP contribution in [0.25, 0.3) is 33.9 Å². The maximum absolute atomic E-state index is 12.9. The van der Waals surface area contributed by atoms with Crippen LogP contribution in [0.15, 0.2) is 47.2 Å². The second-order valence-electron chi connectivity index (χ2n) is 5.29. The summed E-state index contributed by atoms with van der Waals surface area (Å²) < 4.78 is 43.8. The lowest BCUT2D eigenvalue weighted by Crippen LogP contribution is -2.05. The van der Waals surface area contributed by atoms with E-state index in [2.05, 4.69) is 20.1 Å². The zero-order valence-electron chi connectivity index (χ0n) is 12.4. The number of phenols is 1. The SMILES string of the molecule is Oc1ccc(-c2nc(-c3ccc4[nH]cnc4c3)no2)cc1C(F)(F)F. The van der Waals surface area contributed by atoms with Crippen molar-refractivity contribution in [2.75, 3.05) is 0 Å². The molecule has 9 heteroatoms. The number of alkyl halides is 3. The number of hydrogen-bond acceptors (Lipinski definition) is 5. The molecule has 6 nitrogen and oxygen atoms in total. The van der Waals surface area contributed by atoms with E-state index in [1.54, 1.807) is 24.5 Å². The Morgan fingerprint density at radius 3 is 2.64 bits per heavy atom. The monoisotopic (exact) mass is 346 g/mol. The summed E-state index contributed by atoms with van der Waals surface area (Å²) in [4.78, 5) is 11.2. The average Bonchev–Trinajstić information content (AvgIpc) is 3.22. The van der Waals surface area contributed by atoms with Gasteiger partial charge in [0.15, 0.2) is 0 Å². The molecule has 4 aromatic rings. The van der Waals surface area contributed by atoms with Gasteiger partial charge in [-0.3, -0.25) is 0 Å². The lowest BCUT2D eigenvalue weighted by molar-refractivity contribution is -0.138. The first kappa shape index (κ1) is 15.2. The molecule has 0 bridgehead atoms. The molecule has 4 rings (SSSR count). The predicted octanol–water partition coefficient (Wildman–Crippen LogP) is 4.00. The van der Waals surface area contributed by atoms with Gasteiger partial charge in [-0.15, -0.1) is 0 Å². The van der Waals surface area contributed by atoms with Gasteiger partial charge in [0, 0.05) is 11.1 Å². The van der Waals surface area contributed by atoms with Crippen LogP contribution in [0.1, 0.15) is 5.56 Å². The molecular formula is C16H9F3N4O2. The molecule has 0 amide bonds. The van der Waals surface area contributed by atoms with Gasteiger partial charge in [0.05, 0.1) is 22.9 Å². The Morgan fingerprint density at radius 1 is 1.04 bits per heavy atom. The first-order valence-electron chi connectivity index (χ1n) is 7.09. The molecule has 0 aliphatic carbocycles. The van der Waals surface area contributed by atoms with Crippen LogP contribution < -0.4 is 0 Å². The van der Waals surface area contributed by atoms with Crippen molar-refractivity contribution in [1.82, 2.24) is 20.1 Å². The summed E-state index contributed by atoms with van der Waals surface area (Å²) in [7, 11) is 0. The van der Waals surface area contributed by atoms with Crippen molar-refractivity contribution in [3.8, 4) is 28.6 Å². The standard InChI is InChI=1S/C16H9F3N4O2/c17-16(18,19)10-5-9(2-4-13(10)24)15-22-14(23-25-15)8-1-3-11-12(6-8)21-7-20-11/h1-7,24H,(H,20,21). The van der Waals surface area contributed by atoms with Crippen LogP contribution >= 0.6 is 0 Å². The first-order valence-corrected chi connectivity index (χ1v) is 7.09. The minimum Gasteiger partial charge on any atom is -0.507 e. The summed E-state index contributed by atoms with van der Waals surface area (Å²) in [5.41, 5.74) is 1.05. The van der Waals surface area contributed by atoms with E-state index in [9.17, 15) is 18.3 Å². The first-order chi connectivity index (χ1) is 11.9. The van der Waals surface area contributed by atoms with E-state index in [-0.39, 0.29) is 17.3 Å². The zero-order chi connectivity index (χ0) is 17.6. The fourth-order valence-corrected chi connectivity index (χ4v) is 2.43. The Kier molecular flexibility index (Phi) is 3.24. The minimum atomic E-state index is -4.69. The number of aromatic hydroxyl groups is 1. The largest absolute Gasteiger partial charge is 0.507 e. The number of hydrogen-bond donors (Lipinski definition) is 2. The smallest absolute Gasteiger partial charge is 0.419 e. The van der Waals surface area contributed by atoms with Gasteiger partial charge < -0.3 is 14.6 Å². The summed E-state index contributed by atoms with van der Waals surface area (Å²) >= 11 is 0. The number of benzene rings is 2. The van der Waals surface area contributed by atoms with E-state index < -0.39 is 17.5 Å². The molecule has 25 heavy (non-hydrogen) atoms. The molecule has 0 saturated heterocycles. The van der Waals surface area contributed by atoms with Crippen LogP contribution in [0.4, 0.5) is 13.2 Å². The fraction of sp³-hybridized carbons (Fsp3) is 0.0625. The number of nitrogens with zero attached hydrogens (tertiary/aromatic N) is 3. The fourth-order valence-electron chi connectivity index (χ4n) is 2.43. The number of aromatic amines is 1. The van der Waals surface area contributed by atoms with E-state index in [1.807, 2.05) is 0 Å². The second kappa shape index (κ2) is 5.33. The number of phenolic OH excluding ortho intramolecular Hbond substituents is 1. The topological polar surface area (TPSA) is 87.8 Å². The van der Waals surface area contributed by atoms with Gasteiger partial charge in [0.1, 0.15) is 5.75 Å². The molecule has 0 aliphatic heterocycles. The molecule has 2 aromatic carbocycles. The molecule has 2 heterocycles. The minimum absolute atomic E-state index is 0.0599. The number of nitrogens with one attached hydrogen (secondary N) is 1. The van der Waals surface area contributed by atoms with Crippen LogP contribution in [-0.4, -0.2) is 25.2 Å². The predicted molar refractivity (Wildman–Crippen MR) is 81.5 cm³/mol. The van der Waals surface area contributed by atoms with E-state index in [0.717, 1.165) is 17.6 Å². The van der Waals surface area contributed by atoms with Crippen molar-refractivity contribution in [3.05, 3.63) is 48.3 Å². The Morgan fingerprint density at radius 2 is 1.84 bits per heavy atom. The molecule has 126 valence electrons. The Bertz CT molecular complexity index is 1070. The molecule has 0 spiro atoms. The number of halogens is 3. The van der Waals surface area contributed by atoms with E-state index in [0.29, 0.717) is 11.1 Å². The Hall–Kier alpha value is -3.36. The Balaban J connectivity index is 1.74. The molecule has 2 aromatic heterocycles. The van der Waals surface area contributed by atoms with Gasteiger partial charge in [-0.05, 0) is 36.4 Å². The maximum atomic E-state index is 12.9. The van der Waals surface area contributed by atoms with Crippen molar-refractivity contribution in [1.29, 1.82) is 0 Å². The third-order valence-corrected chi connectivity index (χ3v) is 3.65. The molecular weight excluding hydrogens is 337 g/mol. The highest BCUT2D eigenvalue weighted by Crippen LogP contribution is 2.38. The van der Waals surface area contributed by atoms with Crippen molar-refractivity contribution < 1.29 is 22.8 Å². The van der Waals surface area contributed by atoms with Crippen LogP contribution in [0.5, 0.6) is 5.75 Å². The molecule has 0 saturated carbocycles. The van der Waals surface area contributed by atoms with E-state index in [4.69, 9.17) is 4.52 Å². The van der Waals surface area contributed by atoms with Crippen molar-refractivity contribution in [3.63, 3.8) is 0 Å². The Labute approximate surface area is 137 Å². The van der Waals surface area contributed by atoms with Crippen molar-refractivity contribution in [2.24, 2.45) is 0 Å². The number of rotatable bonds is 2. The van der Waals surface area contributed by atoms with E-state index in [1.165, 1.54) is 6.07 Å². The highest BCUT2D eigenvalue weighted by atomic mass is 19.4. The highest BCUT2D eigenvalue weighted by molar-refractivity contribution is 5.80. The lowest BCUT2D eigenvalue weighted by Gasteiger charge is -2.09. The van der Waals surface area contributed by atoms with Crippen molar-refractivity contribution >= 4 is 11.0 Å². The summed E-state index contributed by atoms with van der Waals surface area (Å²) in [5, 5.41) is 13.2. The van der Waals surface area contributed by atoms with Gasteiger partial charge >= 0.3 is 6.18 Å². The van der Waals surface area contributed by atoms with Crippen LogP contribution in [0.2, 0.25) is 0 Å². The summed E-state index contributed by atoms with van der Waals surface area (Å²) in [6.07, 6.45) is -3.14. The van der Waals surface area contributed by atoms with Crippen molar-refractivity contribution in [2.45, 2.75) is 6.18 Å². The number of H-pyrrole nitrogens is 1. The number of imidazole rings is 1. The van der Waals surface area contributed by atoms with E-state index >= 15 is 0 Å². The van der Waals surface area contributed by atoms with Crippen LogP contribution in [-0.2, 0) is 6.18 Å². The third kappa shape index (κ3) is 2.69. The molecule has 2 N–H and O–H groups in total. The molecule has 0 radical (unpaired) electrons. The summed E-state index contributed by atoms with van der Waals surface area (Å²) in [6.45, 7) is 0. The van der Waals surface area contributed by atoms with Gasteiger partial charge in [-0.1, -0.05) is 5.16 Å².